The number of para-hydroxylation sites is 1. The van der Waals surface area contributed by atoms with Crippen LogP contribution in [0.1, 0.15) is 23.1 Å². The van der Waals surface area contributed by atoms with Crippen molar-refractivity contribution in [3.63, 3.8) is 0 Å². The highest BCUT2D eigenvalue weighted by Gasteiger charge is 2.23. The number of halogens is 1. The number of aryl methyl sites for hydroxylation is 2. The summed E-state index contributed by atoms with van der Waals surface area (Å²) in [5.74, 6) is 0.0987. The third-order valence-corrected chi connectivity index (χ3v) is 5.10. The van der Waals surface area contributed by atoms with Gasteiger partial charge in [0.1, 0.15) is 5.58 Å². The van der Waals surface area contributed by atoms with Gasteiger partial charge in [0, 0.05) is 28.2 Å². The summed E-state index contributed by atoms with van der Waals surface area (Å²) in [5.41, 5.74) is 4.92. The summed E-state index contributed by atoms with van der Waals surface area (Å²) >= 11 is 6.23. The van der Waals surface area contributed by atoms with Gasteiger partial charge >= 0.3 is 0 Å². The van der Waals surface area contributed by atoms with E-state index >= 15 is 0 Å². The molecule has 0 saturated carbocycles. The molecule has 24 heavy (non-hydrogen) atoms. The average molecular weight is 340 g/mol. The van der Waals surface area contributed by atoms with Crippen LogP contribution in [0.4, 0.5) is 5.69 Å². The summed E-state index contributed by atoms with van der Waals surface area (Å²) in [4.78, 5) is 14.8. The SMILES string of the molecule is Cc1cc2occ(CC(=O)N3CCCc4ccccc43)c2cc1Cl. The molecule has 0 atom stereocenters. The van der Waals surface area contributed by atoms with Crippen LogP contribution in [-0.4, -0.2) is 12.5 Å². The van der Waals surface area contributed by atoms with Crippen LogP contribution in [0.2, 0.25) is 5.02 Å². The zero-order valence-corrected chi connectivity index (χ0v) is 14.3. The molecule has 3 nitrogen and oxygen atoms in total. The lowest BCUT2D eigenvalue weighted by Crippen LogP contribution is -2.36. The number of carbonyl (C=O) groups excluding carboxylic acids is 1. The molecule has 0 bridgehead atoms. The Hall–Kier alpha value is -2.26. The number of fused-ring (bicyclic) bond motifs is 2. The minimum atomic E-state index is 0.0987. The Balaban J connectivity index is 1.65. The summed E-state index contributed by atoms with van der Waals surface area (Å²) in [6, 6.07) is 12.0. The minimum absolute atomic E-state index is 0.0987. The maximum Gasteiger partial charge on any atom is 0.231 e. The van der Waals surface area contributed by atoms with Crippen molar-refractivity contribution >= 4 is 34.2 Å². The molecule has 1 aliphatic heterocycles. The van der Waals surface area contributed by atoms with Crippen molar-refractivity contribution in [1.82, 2.24) is 0 Å². The van der Waals surface area contributed by atoms with E-state index in [0.717, 1.165) is 47.2 Å². The van der Waals surface area contributed by atoms with Gasteiger partial charge in [-0.25, -0.2) is 0 Å². The molecular weight excluding hydrogens is 322 g/mol. The monoisotopic (exact) mass is 339 g/mol. The highest BCUT2D eigenvalue weighted by molar-refractivity contribution is 6.32. The molecule has 4 rings (SSSR count). The molecule has 0 spiro atoms. The highest BCUT2D eigenvalue weighted by atomic mass is 35.5. The minimum Gasteiger partial charge on any atom is -0.464 e. The first-order chi connectivity index (χ1) is 11.6. The maximum atomic E-state index is 12.9. The number of hydrogen-bond donors (Lipinski definition) is 0. The second-order valence-corrected chi connectivity index (χ2v) is 6.72. The molecule has 2 aromatic carbocycles. The van der Waals surface area contributed by atoms with Crippen LogP contribution in [0.25, 0.3) is 11.0 Å². The summed E-state index contributed by atoms with van der Waals surface area (Å²) in [6.07, 6.45) is 4.03. The van der Waals surface area contributed by atoms with E-state index in [4.69, 9.17) is 16.0 Å². The van der Waals surface area contributed by atoms with Crippen molar-refractivity contribution in [3.05, 3.63) is 64.4 Å². The van der Waals surface area contributed by atoms with E-state index in [1.165, 1.54) is 5.56 Å². The highest BCUT2D eigenvalue weighted by Crippen LogP contribution is 2.30. The van der Waals surface area contributed by atoms with Crippen molar-refractivity contribution in [1.29, 1.82) is 0 Å². The fourth-order valence-electron chi connectivity index (χ4n) is 3.39. The van der Waals surface area contributed by atoms with E-state index in [0.29, 0.717) is 11.4 Å². The lowest BCUT2D eigenvalue weighted by molar-refractivity contribution is -0.118. The van der Waals surface area contributed by atoms with Gasteiger partial charge in [-0.15, -0.1) is 0 Å². The van der Waals surface area contributed by atoms with Crippen molar-refractivity contribution in [2.75, 3.05) is 11.4 Å². The van der Waals surface area contributed by atoms with E-state index in [1.54, 1.807) is 6.26 Å². The first kappa shape index (κ1) is 15.3. The molecule has 3 aromatic rings. The second kappa shape index (κ2) is 5.99. The normalized spacial score (nSPS) is 14.0. The molecule has 4 heteroatoms. The molecule has 0 aliphatic carbocycles. The lowest BCUT2D eigenvalue weighted by atomic mass is 10.0. The average Bonchev–Trinajstić information content (AvgIpc) is 2.96. The van der Waals surface area contributed by atoms with E-state index in [2.05, 4.69) is 6.07 Å². The topological polar surface area (TPSA) is 33.5 Å². The van der Waals surface area contributed by atoms with Gasteiger partial charge in [-0.3, -0.25) is 4.79 Å². The zero-order valence-electron chi connectivity index (χ0n) is 13.5. The van der Waals surface area contributed by atoms with Crippen LogP contribution in [0.5, 0.6) is 0 Å². The molecule has 1 amide bonds. The fraction of sp³-hybridized carbons (Fsp3) is 0.250. The van der Waals surface area contributed by atoms with Crippen molar-refractivity contribution in [2.45, 2.75) is 26.2 Å². The van der Waals surface area contributed by atoms with E-state index < -0.39 is 0 Å². The predicted molar refractivity (Wildman–Crippen MR) is 96.8 cm³/mol. The molecular formula is C20H18ClNO2. The largest absolute Gasteiger partial charge is 0.464 e. The van der Waals surface area contributed by atoms with Gasteiger partial charge in [0.2, 0.25) is 5.91 Å². The van der Waals surface area contributed by atoms with Gasteiger partial charge in [0.05, 0.1) is 12.7 Å². The molecule has 1 aromatic heterocycles. The van der Waals surface area contributed by atoms with Crippen molar-refractivity contribution in [3.8, 4) is 0 Å². The first-order valence-corrected chi connectivity index (χ1v) is 8.56. The molecule has 1 aliphatic rings. The van der Waals surface area contributed by atoms with Crippen molar-refractivity contribution in [2.24, 2.45) is 0 Å². The van der Waals surface area contributed by atoms with Crippen LogP contribution >= 0.6 is 11.6 Å². The molecule has 0 unspecified atom stereocenters. The Morgan fingerprint density at radius 3 is 3.00 bits per heavy atom. The summed E-state index contributed by atoms with van der Waals surface area (Å²) in [7, 11) is 0. The summed E-state index contributed by atoms with van der Waals surface area (Å²) in [5, 5.41) is 1.62. The lowest BCUT2D eigenvalue weighted by Gasteiger charge is -2.29. The number of rotatable bonds is 2. The van der Waals surface area contributed by atoms with E-state index in [9.17, 15) is 4.79 Å². The molecule has 0 fully saturated rings. The number of hydrogen-bond acceptors (Lipinski definition) is 2. The number of furan rings is 1. The van der Waals surface area contributed by atoms with Gasteiger partial charge in [0.15, 0.2) is 0 Å². The Morgan fingerprint density at radius 2 is 2.12 bits per heavy atom. The number of benzene rings is 2. The van der Waals surface area contributed by atoms with Gasteiger partial charge in [0.25, 0.3) is 0 Å². The Labute approximate surface area is 145 Å². The number of carbonyl (C=O) groups is 1. The van der Waals surface area contributed by atoms with Crippen LogP contribution in [-0.2, 0) is 17.6 Å². The third kappa shape index (κ3) is 2.59. The quantitative estimate of drug-likeness (QED) is 0.664. The van der Waals surface area contributed by atoms with Crippen LogP contribution in [0.3, 0.4) is 0 Å². The third-order valence-electron chi connectivity index (χ3n) is 4.69. The Morgan fingerprint density at radius 1 is 1.29 bits per heavy atom. The van der Waals surface area contributed by atoms with Gasteiger partial charge in [-0.2, -0.15) is 0 Å². The standard InChI is InChI=1S/C20H18ClNO2/c1-13-9-19-16(11-17(13)21)15(12-24-19)10-20(23)22-8-4-6-14-5-2-3-7-18(14)22/h2-3,5,7,9,11-12H,4,6,8,10H2,1H3. The summed E-state index contributed by atoms with van der Waals surface area (Å²) < 4.78 is 5.61. The molecule has 0 radical (unpaired) electrons. The van der Waals surface area contributed by atoms with E-state index in [-0.39, 0.29) is 5.91 Å². The fourth-order valence-corrected chi connectivity index (χ4v) is 3.55. The molecule has 122 valence electrons. The Bertz CT molecular complexity index is 929. The molecule has 2 heterocycles. The van der Waals surface area contributed by atoms with Crippen LogP contribution < -0.4 is 4.90 Å². The number of amides is 1. The Kier molecular flexibility index (Phi) is 3.81. The van der Waals surface area contributed by atoms with Gasteiger partial charge < -0.3 is 9.32 Å². The van der Waals surface area contributed by atoms with Crippen LogP contribution in [0, 0.1) is 6.92 Å². The molecule has 0 saturated heterocycles. The van der Waals surface area contributed by atoms with Gasteiger partial charge in [-0.1, -0.05) is 29.8 Å². The zero-order chi connectivity index (χ0) is 16.7. The first-order valence-electron chi connectivity index (χ1n) is 8.18. The molecule has 0 N–H and O–H groups in total. The number of anilines is 1. The van der Waals surface area contributed by atoms with Crippen LogP contribution in [0.15, 0.2) is 47.1 Å². The van der Waals surface area contributed by atoms with E-state index in [1.807, 2.05) is 42.2 Å². The van der Waals surface area contributed by atoms with Crippen molar-refractivity contribution < 1.29 is 9.21 Å². The summed E-state index contributed by atoms with van der Waals surface area (Å²) in [6.45, 7) is 2.71. The number of nitrogens with zero attached hydrogens (tertiary/aromatic N) is 1. The maximum absolute atomic E-state index is 12.9. The second-order valence-electron chi connectivity index (χ2n) is 6.31. The van der Waals surface area contributed by atoms with Gasteiger partial charge in [-0.05, 0) is 49.1 Å². The predicted octanol–water partition coefficient (Wildman–Crippen LogP) is 4.92. The smallest absolute Gasteiger partial charge is 0.231 e.